The number of benzene rings is 2. The van der Waals surface area contributed by atoms with Crippen molar-refractivity contribution in [3.05, 3.63) is 58.2 Å². The molecule has 2 aromatic carbocycles. The molecular formula is C15H10Cl2N2O. The fraction of sp³-hybridized carbons (Fsp3) is 0.0667. The lowest BCUT2D eigenvalue weighted by Gasteiger charge is -2.09. The van der Waals surface area contributed by atoms with Crippen molar-refractivity contribution in [1.82, 2.24) is 10.2 Å². The molecule has 0 atom stereocenters. The number of hydrogen-bond acceptors (Lipinski definition) is 3. The number of aromatic nitrogens is 2. The molecule has 3 aromatic rings. The highest BCUT2D eigenvalue weighted by atomic mass is 35.5. The summed E-state index contributed by atoms with van der Waals surface area (Å²) >= 11 is 12.2. The summed E-state index contributed by atoms with van der Waals surface area (Å²) in [5, 5.41) is 10.4. The zero-order valence-electron chi connectivity index (χ0n) is 10.6. The Morgan fingerprint density at radius 2 is 1.70 bits per heavy atom. The van der Waals surface area contributed by atoms with Gasteiger partial charge in [-0.25, -0.2) is 0 Å². The highest BCUT2D eigenvalue weighted by Crippen LogP contribution is 2.34. The third-order valence-electron chi connectivity index (χ3n) is 2.90. The number of fused-ring (bicyclic) bond motifs is 1. The van der Waals surface area contributed by atoms with Gasteiger partial charge in [-0.2, -0.15) is 0 Å². The maximum absolute atomic E-state index is 6.13. The van der Waals surface area contributed by atoms with Crippen molar-refractivity contribution in [2.75, 3.05) is 0 Å². The molecule has 0 aliphatic carbocycles. The molecule has 0 fully saturated rings. The van der Waals surface area contributed by atoms with Gasteiger partial charge < -0.3 is 4.74 Å². The zero-order valence-corrected chi connectivity index (χ0v) is 12.1. The van der Waals surface area contributed by atoms with Crippen molar-refractivity contribution in [2.24, 2.45) is 0 Å². The van der Waals surface area contributed by atoms with E-state index in [9.17, 15) is 0 Å². The van der Waals surface area contributed by atoms with Crippen molar-refractivity contribution < 1.29 is 4.74 Å². The molecule has 0 unspecified atom stereocenters. The molecule has 0 amide bonds. The second-order valence-corrected chi connectivity index (χ2v) is 5.14. The van der Waals surface area contributed by atoms with Gasteiger partial charge in [0, 0.05) is 10.8 Å². The van der Waals surface area contributed by atoms with Crippen molar-refractivity contribution in [3.8, 4) is 11.6 Å². The molecule has 3 rings (SSSR count). The Hall–Kier alpha value is -1.84. The minimum Gasteiger partial charge on any atom is -0.435 e. The monoisotopic (exact) mass is 304 g/mol. The number of nitrogens with zero attached hydrogens (tertiary/aromatic N) is 2. The van der Waals surface area contributed by atoms with Crippen LogP contribution in [-0.2, 0) is 0 Å². The maximum atomic E-state index is 6.13. The Morgan fingerprint density at radius 1 is 0.950 bits per heavy atom. The van der Waals surface area contributed by atoms with E-state index in [-0.39, 0.29) is 0 Å². The summed E-state index contributed by atoms with van der Waals surface area (Å²) < 4.78 is 5.79. The van der Waals surface area contributed by atoms with Gasteiger partial charge in [-0.1, -0.05) is 47.5 Å². The molecule has 0 saturated carbocycles. The van der Waals surface area contributed by atoms with Crippen LogP contribution < -0.4 is 4.74 Å². The molecule has 1 aromatic heterocycles. The molecule has 0 spiro atoms. The highest BCUT2D eigenvalue weighted by molar-refractivity contribution is 6.34. The maximum Gasteiger partial charge on any atom is 0.246 e. The largest absolute Gasteiger partial charge is 0.435 e. The quantitative estimate of drug-likeness (QED) is 0.665. The molecule has 1 heterocycles. The normalized spacial score (nSPS) is 10.8. The van der Waals surface area contributed by atoms with Crippen molar-refractivity contribution >= 4 is 34.0 Å². The molecular weight excluding hydrogens is 295 g/mol. The summed E-state index contributed by atoms with van der Waals surface area (Å²) in [6, 6.07) is 13.1. The Bertz CT molecular complexity index is 790. The molecule has 0 aliphatic heterocycles. The lowest BCUT2D eigenvalue weighted by Crippen LogP contribution is -1.94. The average molecular weight is 305 g/mol. The molecule has 0 N–H and O–H groups in total. The fourth-order valence-corrected chi connectivity index (χ4v) is 2.27. The van der Waals surface area contributed by atoms with E-state index in [0.29, 0.717) is 21.8 Å². The Kier molecular flexibility index (Phi) is 3.47. The Balaban J connectivity index is 2.11. The first kappa shape index (κ1) is 13.2. The number of ether oxygens (including phenoxy) is 1. The van der Waals surface area contributed by atoms with Crippen LogP contribution in [0.3, 0.4) is 0 Å². The van der Waals surface area contributed by atoms with Gasteiger partial charge in [0.25, 0.3) is 0 Å². The van der Waals surface area contributed by atoms with E-state index in [1.165, 1.54) is 0 Å². The van der Waals surface area contributed by atoms with Gasteiger partial charge in [0.2, 0.25) is 5.88 Å². The van der Waals surface area contributed by atoms with Crippen LogP contribution in [0, 0.1) is 6.92 Å². The molecule has 100 valence electrons. The van der Waals surface area contributed by atoms with Gasteiger partial charge in [-0.05, 0) is 30.7 Å². The third-order valence-corrected chi connectivity index (χ3v) is 3.49. The number of halogens is 2. The average Bonchev–Trinajstić information content (AvgIpc) is 2.46. The second kappa shape index (κ2) is 5.27. The van der Waals surface area contributed by atoms with Crippen LogP contribution >= 0.6 is 23.2 Å². The Labute approximate surface area is 126 Å². The van der Waals surface area contributed by atoms with E-state index in [0.717, 1.165) is 16.3 Å². The second-order valence-electron chi connectivity index (χ2n) is 4.38. The first-order valence-electron chi connectivity index (χ1n) is 6.00. The van der Waals surface area contributed by atoms with Gasteiger partial charge in [0.05, 0.1) is 5.02 Å². The third kappa shape index (κ3) is 2.42. The lowest BCUT2D eigenvalue weighted by molar-refractivity contribution is 0.462. The van der Waals surface area contributed by atoms with Crippen molar-refractivity contribution in [3.63, 3.8) is 0 Å². The predicted molar refractivity (Wildman–Crippen MR) is 80.8 cm³/mol. The van der Waals surface area contributed by atoms with E-state index >= 15 is 0 Å². The summed E-state index contributed by atoms with van der Waals surface area (Å²) in [6.45, 7) is 1.97. The summed E-state index contributed by atoms with van der Waals surface area (Å²) in [4.78, 5) is 0. The standard InChI is InChI=1S/C15H10Cl2N2O/c1-9-6-7-12(16)13(8-9)20-15-11-5-3-2-4-10(11)14(17)18-19-15/h2-8H,1H3. The first-order valence-corrected chi connectivity index (χ1v) is 6.75. The number of rotatable bonds is 2. The topological polar surface area (TPSA) is 35.0 Å². The SMILES string of the molecule is Cc1ccc(Cl)c(Oc2nnc(Cl)c3ccccc23)c1. The van der Waals surface area contributed by atoms with Crippen LogP contribution in [0.25, 0.3) is 10.8 Å². The summed E-state index contributed by atoms with van der Waals surface area (Å²) in [6.07, 6.45) is 0. The Morgan fingerprint density at radius 3 is 2.50 bits per heavy atom. The van der Waals surface area contributed by atoms with E-state index in [4.69, 9.17) is 27.9 Å². The minimum absolute atomic E-state index is 0.350. The minimum atomic E-state index is 0.350. The number of hydrogen-bond donors (Lipinski definition) is 0. The highest BCUT2D eigenvalue weighted by Gasteiger charge is 2.11. The van der Waals surface area contributed by atoms with Crippen LogP contribution in [0.2, 0.25) is 10.2 Å². The van der Waals surface area contributed by atoms with Crippen LogP contribution in [0.15, 0.2) is 42.5 Å². The molecule has 5 heteroatoms. The van der Waals surface area contributed by atoms with Crippen LogP contribution in [0.4, 0.5) is 0 Å². The molecule has 0 bridgehead atoms. The predicted octanol–water partition coefficient (Wildman–Crippen LogP) is 5.04. The lowest BCUT2D eigenvalue weighted by atomic mass is 10.2. The van der Waals surface area contributed by atoms with E-state index in [1.54, 1.807) is 6.07 Å². The summed E-state index contributed by atoms with van der Waals surface area (Å²) in [5.74, 6) is 0.936. The smallest absolute Gasteiger partial charge is 0.246 e. The van der Waals surface area contributed by atoms with Gasteiger partial charge in [-0.15, -0.1) is 10.2 Å². The van der Waals surface area contributed by atoms with Gasteiger partial charge in [-0.3, -0.25) is 0 Å². The van der Waals surface area contributed by atoms with E-state index in [1.807, 2.05) is 43.3 Å². The van der Waals surface area contributed by atoms with Gasteiger partial charge in [0.15, 0.2) is 5.15 Å². The summed E-state index contributed by atoms with van der Waals surface area (Å²) in [5.41, 5.74) is 1.05. The number of aryl methyl sites for hydroxylation is 1. The van der Waals surface area contributed by atoms with E-state index in [2.05, 4.69) is 10.2 Å². The zero-order chi connectivity index (χ0) is 14.1. The van der Waals surface area contributed by atoms with Gasteiger partial charge >= 0.3 is 0 Å². The van der Waals surface area contributed by atoms with Crippen LogP contribution in [-0.4, -0.2) is 10.2 Å². The first-order chi connectivity index (χ1) is 9.65. The van der Waals surface area contributed by atoms with E-state index < -0.39 is 0 Å². The fourth-order valence-electron chi connectivity index (χ4n) is 1.91. The molecule has 3 nitrogen and oxygen atoms in total. The van der Waals surface area contributed by atoms with Crippen LogP contribution in [0.1, 0.15) is 5.56 Å². The van der Waals surface area contributed by atoms with Crippen molar-refractivity contribution in [1.29, 1.82) is 0 Å². The van der Waals surface area contributed by atoms with Crippen LogP contribution in [0.5, 0.6) is 11.6 Å². The van der Waals surface area contributed by atoms with Gasteiger partial charge in [0.1, 0.15) is 5.75 Å². The molecule has 0 aliphatic rings. The van der Waals surface area contributed by atoms with Crippen molar-refractivity contribution in [2.45, 2.75) is 6.92 Å². The molecule has 0 radical (unpaired) electrons. The molecule has 0 saturated heterocycles. The summed E-state index contributed by atoms with van der Waals surface area (Å²) in [7, 11) is 0. The molecule has 20 heavy (non-hydrogen) atoms.